The number of para-hydroxylation sites is 1. The second kappa shape index (κ2) is 7.21. The number of rotatable bonds is 5. The molecule has 0 spiro atoms. The number of hydrogen-bond acceptors (Lipinski definition) is 5. The van der Waals surface area contributed by atoms with Crippen LogP contribution in [0, 0.1) is 0 Å². The summed E-state index contributed by atoms with van der Waals surface area (Å²) in [4.78, 5) is 23.0. The maximum Gasteiger partial charge on any atom is 0.338 e. The molecule has 2 N–H and O–H groups in total. The van der Waals surface area contributed by atoms with Crippen molar-refractivity contribution < 1.29 is 22.7 Å². The second-order valence-electron chi connectivity index (χ2n) is 6.05. The molecule has 1 amide bonds. The van der Waals surface area contributed by atoms with Gasteiger partial charge in [0.25, 0.3) is 15.9 Å². The Morgan fingerprint density at radius 1 is 1.22 bits per heavy atom. The van der Waals surface area contributed by atoms with Crippen molar-refractivity contribution in [2.45, 2.75) is 24.3 Å². The van der Waals surface area contributed by atoms with Gasteiger partial charge in [0.15, 0.2) is 6.10 Å². The Kier molecular flexibility index (Phi) is 5.12. The molecule has 0 radical (unpaired) electrons. The van der Waals surface area contributed by atoms with Crippen molar-refractivity contribution >= 4 is 39.2 Å². The first-order valence-electron chi connectivity index (χ1n) is 8.12. The highest BCUT2D eigenvalue weighted by atomic mass is 35.5. The number of halogens is 1. The molecule has 0 saturated heterocycles. The van der Waals surface area contributed by atoms with Crippen LogP contribution in [0.4, 0.5) is 5.69 Å². The van der Waals surface area contributed by atoms with Crippen LogP contribution in [-0.4, -0.2) is 32.9 Å². The molecule has 142 valence electrons. The average Bonchev–Trinajstić information content (AvgIpc) is 3.06. The maximum absolute atomic E-state index is 13.1. The Balaban J connectivity index is 1.97. The molecular formula is C18H17ClN2O5S. The fourth-order valence-electron chi connectivity index (χ4n) is 2.79. The first kappa shape index (κ1) is 19.2. The minimum atomic E-state index is -3.98. The predicted molar refractivity (Wildman–Crippen MR) is 100 cm³/mol. The van der Waals surface area contributed by atoms with Crippen molar-refractivity contribution in [1.29, 1.82) is 0 Å². The summed E-state index contributed by atoms with van der Waals surface area (Å²) < 4.78 is 32.5. The predicted octanol–water partition coefficient (Wildman–Crippen LogP) is 2.12. The standard InChI is InChI=1S/C18H17ClN2O5S/c1-11(17(20)22)26-18(23)13-6-7-14(19)16(10-13)27(24,25)21-9-8-12-4-2-3-5-15(12)21/h2-7,10-11H,8-9H2,1H3,(H2,20,22)/t11-/m1/s1. The van der Waals surface area contributed by atoms with E-state index in [1.54, 1.807) is 12.1 Å². The smallest absolute Gasteiger partial charge is 0.338 e. The highest BCUT2D eigenvalue weighted by Gasteiger charge is 2.32. The molecule has 0 saturated carbocycles. The zero-order valence-corrected chi connectivity index (χ0v) is 16.0. The summed E-state index contributed by atoms with van der Waals surface area (Å²) in [5, 5.41) is -0.0149. The lowest BCUT2D eigenvalue weighted by atomic mass is 10.2. The van der Waals surface area contributed by atoms with Crippen LogP contribution in [0.2, 0.25) is 5.02 Å². The Morgan fingerprint density at radius 3 is 2.63 bits per heavy atom. The van der Waals surface area contributed by atoms with E-state index in [0.29, 0.717) is 12.1 Å². The van der Waals surface area contributed by atoms with Gasteiger partial charge >= 0.3 is 5.97 Å². The van der Waals surface area contributed by atoms with E-state index >= 15 is 0 Å². The van der Waals surface area contributed by atoms with Crippen LogP contribution in [0.3, 0.4) is 0 Å². The molecule has 3 rings (SSSR count). The van der Waals surface area contributed by atoms with E-state index in [1.165, 1.54) is 23.4 Å². The summed E-state index contributed by atoms with van der Waals surface area (Å²) in [7, 11) is -3.98. The van der Waals surface area contributed by atoms with E-state index in [9.17, 15) is 18.0 Å². The SMILES string of the molecule is C[C@@H](OC(=O)c1ccc(Cl)c(S(=O)(=O)N2CCc3ccccc32)c1)C(N)=O. The van der Waals surface area contributed by atoms with Crippen LogP contribution in [-0.2, 0) is 26.0 Å². The number of hydrogen-bond donors (Lipinski definition) is 1. The third-order valence-electron chi connectivity index (χ3n) is 4.26. The Morgan fingerprint density at radius 2 is 1.93 bits per heavy atom. The molecule has 1 heterocycles. The van der Waals surface area contributed by atoms with Gasteiger partial charge in [-0.1, -0.05) is 29.8 Å². The summed E-state index contributed by atoms with van der Waals surface area (Å²) >= 11 is 6.12. The van der Waals surface area contributed by atoms with Crippen molar-refractivity contribution in [2.75, 3.05) is 10.8 Å². The first-order valence-corrected chi connectivity index (χ1v) is 9.94. The van der Waals surface area contributed by atoms with Gasteiger partial charge in [0.05, 0.1) is 16.3 Å². The van der Waals surface area contributed by atoms with Crippen LogP contribution in [0.15, 0.2) is 47.4 Å². The van der Waals surface area contributed by atoms with Crippen molar-refractivity contribution in [1.82, 2.24) is 0 Å². The third-order valence-corrected chi connectivity index (χ3v) is 6.56. The van der Waals surface area contributed by atoms with Crippen molar-refractivity contribution in [3.05, 3.63) is 58.6 Å². The largest absolute Gasteiger partial charge is 0.449 e. The summed E-state index contributed by atoms with van der Waals surface area (Å²) in [6.45, 7) is 1.61. The van der Waals surface area contributed by atoms with Crippen LogP contribution in [0.25, 0.3) is 0 Å². The quantitative estimate of drug-likeness (QED) is 0.762. The Labute approximate surface area is 161 Å². The van der Waals surface area contributed by atoms with E-state index in [4.69, 9.17) is 22.1 Å². The summed E-state index contributed by atoms with van der Waals surface area (Å²) in [5.41, 5.74) is 6.54. The van der Waals surface area contributed by atoms with E-state index in [2.05, 4.69) is 0 Å². The third kappa shape index (κ3) is 3.63. The molecule has 2 aromatic carbocycles. The molecule has 1 atom stereocenters. The van der Waals surface area contributed by atoms with Gasteiger partial charge in [-0.15, -0.1) is 0 Å². The number of nitrogens with two attached hydrogens (primary N) is 1. The number of carbonyl (C=O) groups is 2. The van der Waals surface area contributed by atoms with Crippen molar-refractivity contribution in [3.63, 3.8) is 0 Å². The van der Waals surface area contributed by atoms with E-state index in [-0.39, 0.29) is 22.0 Å². The molecule has 0 bridgehead atoms. The minimum absolute atomic E-state index is 0.0149. The van der Waals surface area contributed by atoms with Crippen LogP contribution in [0.1, 0.15) is 22.8 Å². The molecular weight excluding hydrogens is 392 g/mol. The lowest BCUT2D eigenvalue weighted by Crippen LogP contribution is -2.31. The van der Waals surface area contributed by atoms with Gasteiger partial charge in [0.2, 0.25) is 0 Å². The van der Waals surface area contributed by atoms with Crippen LogP contribution < -0.4 is 10.0 Å². The normalized spacial score (nSPS) is 14.5. The Hall–Kier alpha value is -2.58. The van der Waals surface area contributed by atoms with Crippen molar-refractivity contribution in [3.8, 4) is 0 Å². The highest BCUT2D eigenvalue weighted by Crippen LogP contribution is 2.35. The lowest BCUT2D eigenvalue weighted by molar-refractivity contribution is -0.125. The van der Waals surface area contributed by atoms with Gasteiger partial charge in [0.1, 0.15) is 4.90 Å². The van der Waals surface area contributed by atoms with E-state index in [1.807, 2.05) is 12.1 Å². The molecule has 27 heavy (non-hydrogen) atoms. The number of esters is 1. The van der Waals surface area contributed by atoms with Gasteiger partial charge in [0, 0.05) is 6.54 Å². The van der Waals surface area contributed by atoms with E-state index in [0.717, 1.165) is 11.6 Å². The minimum Gasteiger partial charge on any atom is -0.449 e. The molecule has 2 aromatic rings. The number of anilines is 1. The number of amides is 1. The monoisotopic (exact) mass is 408 g/mol. The topological polar surface area (TPSA) is 107 Å². The fourth-order valence-corrected chi connectivity index (χ4v) is 4.80. The summed E-state index contributed by atoms with van der Waals surface area (Å²) in [6.07, 6.45) is -0.552. The van der Waals surface area contributed by atoms with Gasteiger partial charge < -0.3 is 10.5 Å². The van der Waals surface area contributed by atoms with Crippen LogP contribution in [0.5, 0.6) is 0 Å². The van der Waals surface area contributed by atoms with Gasteiger partial charge in [-0.2, -0.15) is 0 Å². The molecule has 9 heteroatoms. The van der Waals surface area contributed by atoms with Gasteiger partial charge in [-0.25, -0.2) is 13.2 Å². The zero-order valence-electron chi connectivity index (χ0n) is 14.4. The lowest BCUT2D eigenvalue weighted by Gasteiger charge is -2.20. The molecule has 0 unspecified atom stereocenters. The maximum atomic E-state index is 13.1. The number of ether oxygens (including phenoxy) is 1. The fraction of sp³-hybridized carbons (Fsp3) is 0.222. The molecule has 0 aliphatic carbocycles. The van der Waals surface area contributed by atoms with E-state index < -0.39 is 28.0 Å². The number of carbonyl (C=O) groups excluding carboxylic acids is 2. The Bertz CT molecular complexity index is 1020. The second-order valence-corrected chi connectivity index (χ2v) is 8.29. The summed E-state index contributed by atoms with van der Waals surface area (Å²) in [6, 6.07) is 11.0. The molecule has 0 aromatic heterocycles. The molecule has 1 aliphatic heterocycles. The molecule has 1 aliphatic rings. The first-order chi connectivity index (χ1) is 12.7. The average molecular weight is 409 g/mol. The number of nitrogens with zero attached hydrogens (tertiary/aromatic N) is 1. The number of fused-ring (bicyclic) bond motifs is 1. The van der Waals surface area contributed by atoms with Crippen LogP contribution >= 0.6 is 11.6 Å². The number of benzene rings is 2. The zero-order chi connectivity index (χ0) is 19.8. The number of sulfonamides is 1. The summed E-state index contributed by atoms with van der Waals surface area (Å²) in [5.74, 6) is -1.67. The highest BCUT2D eigenvalue weighted by molar-refractivity contribution is 7.93. The van der Waals surface area contributed by atoms with Gasteiger partial charge in [-0.05, 0) is 43.2 Å². The number of primary amides is 1. The van der Waals surface area contributed by atoms with Gasteiger partial charge in [-0.3, -0.25) is 9.10 Å². The molecule has 0 fully saturated rings. The molecule has 7 nitrogen and oxygen atoms in total. The van der Waals surface area contributed by atoms with Crippen molar-refractivity contribution in [2.24, 2.45) is 5.73 Å².